The smallest absolute Gasteiger partial charge is 0.208 e. The number of sulfone groups is 1. The van der Waals surface area contributed by atoms with Gasteiger partial charge in [-0.25, -0.2) is 8.42 Å². The number of pyridine rings is 1. The molecule has 4 aromatic rings. The average molecular weight is 416 g/mol. The number of nitrogens with zero attached hydrogens (tertiary/aromatic N) is 1. The Morgan fingerprint density at radius 2 is 1.57 bits per heavy atom. The van der Waals surface area contributed by atoms with Crippen molar-refractivity contribution in [3.63, 3.8) is 0 Å². The minimum absolute atomic E-state index is 0.00769. The van der Waals surface area contributed by atoms with Crippen LogP contribution in [0.2, 0.25) is 0 Å². The van der Waals surface area contributed by atoms with E-state index in [1.165, 1.54) is 6.20 Å². The number of aromatic nitrogens is 1. The van der Waals surface area contributed by atoms with Crippen molar-refractivity contribution in [1.29, 1.82) is 0 Å². The van der Waals surface area contributed by atoms with Crippen molar-refractivity contribution in [2.75, 3.05) is 0 Å². The maximum absolute atomic E-state index is 13.8. The first-order valence-electron chi connectivity index (χ1n) is 9.60. The molecule has 5 heteroatoms. The molecule has 0 aliphatic carbocycles. The van der Waals surface area contributed by atoms with E-state index in [4.69, 9.17) is 0 Å². The van der Waals surface area contributed by atoms with Crippen LogP contribution in [0.5, 0.6) is 0 Å². The van der Waals surface area contributed by atoms with Crippen molar-refractivity contribution in [3.8, 4) is 0 Å². The summed E-state index contributed by atoms with van der Waals surface area (Å²) in [6, 6.07) is 19.1. The molecule has 0 unspecified atom stereocenters. The number of hydrogen-bond donors (Lipinski definition) is 0. The van der Waals surface area contributed by atoms with E-state index in [1.807, 2.05) is 32.9 Å². The zero-order valence-electron chi connectivity index (χ0n) is 17.0. The minimum Gasteiger partial charge on any atom is -0.289 e. The molecule has 0 fully saturated rings. The van der Waals surface area contributed by atoms with Gasteiger partial charge in [-0.05, 0) is 56.2 Å². The van der Waals surface area contributed by atoms with Crippen LogP contribution >= 0.6 is 0 Å². The summed E-state index contributed by atoms with van der Waals surface area (Å²) < 4.78 is 27.6. The molecule has 0 saturated heterocycles. The monoisotopic (exact) mass is 415 g/mol. The number of carbonyl (C=O) groups is 1. The summed E-state index contributed by atoms with van der Waals surface area (Å²) in [6.45, 7) is 5.69. The molecule has 0 amide bonds. The van der Waals surface area contributed by atoms with Gasteiger partial charge in [0.15, 0.2) is 5.78 Å². The lowest BCUT2D eigenvalue weighted by molar-refractivity contribution is 0.103. The lowest BCUT2D eigenvalue weighted by atomic mass is 10.0. The standard InChI is InChI=1S/C25H21NO3S/c1-16-9-12-23-21(13-16)25(30(28,29)20-11-10-17(2)18(3)14-20)22(15-26-23)24(27)19-7-5-4-6-8-19/h4-15H,1-3H3. The largest absolute Gasteiger partial charge is 0.289 e. The zero-order valence-corrected chi connectivity index (χ0v) is 17.8. The van der Waals surface area contributed by atoms with Gasteiger partial charge in [-0.1, -0.05) is 48.0 Å². The highest BCUT2D eigenvalue weighted by molar-refractivity contribution is 7.91. The second-order valence-corrected chi connectivity index (χ2v) is 9.35. The van der Waals surface area contributed by atoms with Crippen LogP contribution in [-0.4, -0.2) is 19.2 Å². The van der Waals surface area contributed by atoms with Gasteiger partial charge in [0.05, 0.1) is 20.9 Å². The van der Waals surface area contributed by atoms with Gasteiger partial charge >= 0.3 is 0 Å². The molecule has 150 valence electrons. The van der Waals surface area contributed by atoms with Crippen LogP contribution in [0, 0.1) is 20.8 Å². The molecular weight excluding hydrogens is 394 g/mol. The predicted octanol–water partition coefficient (Wildman–Crippen LogP) is 5.22. The van der Waals surface area contributed by atoms with Crippen LogP contribution in [0.4, 0.5) is 0 Å². The first-order valence-corrected chi connectivity index (χ1v) is 11.1. The molecule has 0 saturated carbocycles. The number of fused-ring (bicyclic) bond motifs is 1. The van der Waals surface area contributed by atoms with Gasteiger partial charge in [0.1, 0.15) is 0 Å². The Balaban J connectivity index is 2.06. The Hall–Kier alpha value is -3.31. The number of hydrogen-bond acceptors (Lipinski definition) is 4. The number of carbonyl (C=O) groups excluding carboxylic acids is 1. The molecule has 0 aliphatic heterocycles. The van der Waals surface area contributed by atoms with Crippen LogP contribution < -0.4 is 0 Å². The lowest BCUT2D eigenvalue weighted by Gasteiger charge is -2.14. The fourth-order valence-electron chi connectivity index (χ4n) is 3.48. The van der Waals surface area contributed by atoms with E-state index < -0.39 is 9.84 Å². The topological polar surface area (TPSA) is 64.1 Å². The quantitative estimate of drug-likeness (QED) is 0.429. The van der Waals surface area contributed by atoms with Crippen molar-refractivity contribution >= 4 is 26.5 Å². The summed E-state index contributed by atoms with van der Waals surface area (Å²) in [5.41, 5.74) is 3.81. The van der Waals surface area contributed by atoms with E-state index in [9.17, 15) is 13.2 Å². The molecule has 4 rings (SSSR count). The van der Waals surface area contributed by atoms with Crippen molar-refractivity contribution in [3.05, 3.63) is 101 Å². The van der Waals surface area contributed by atoms with Gasteiger partial charge < -0.3 is 0 Å². The molecule has 0 atom stereocenters. The highest BCUT2D eigenvalue weighted by atomic mass is 32.2. The fourth-order valence-corrected chi connectivity index (χ4v) is 5.18. The van der Waals surface area contributed by atoms with E-state index in [2.05, 4.69) is 4.98 Å². The summed E-state index contributed by atoms with van der Waals surface area (Å²) >= 11 is 0. The molecular formula is C25H21NO3S. The van der Waals surface area contributed by atoms with Gasteiger partial charge in [-0.3, -0.25) is 9.78 Å². The van der Waals surface area contributed by atoms with E-state index in [-0.39, 0.29) is 21.1 Å². The van der Waals surface area contributed by atoms with Gasteiger partial charge in [-0.2, -0.15) is 0 Å². The van der Waals surface area contributed by atoms with Crippen LogP contribution in [0.15, 0.2) is 82.7 Å². The van der Waals surface area contributed by atoms with E-state index >= 15 is 0 Å². The highest BCUT2D eigenvalue weighted by Crippen LogP contribution is 2.33. The molecule has 1 heterocycles. The van der Waals surface area contributed by atoms with Crippen LogP contribution in [-0.2, 0) is 9.84 Å². The molecule has 0 N–H and O–H groups in total. The summed E-state index contributed by atoms with van der Waals surface area (Å²) in [7, 11) is -3.97. The number of benzene rings is 3. The number of ketones is 1. The first-order chi connectivity index (χ1) is 14.3. The Bertz CT molecular complexity index is 1390. The Kier molecular flexibility index (Phi) is 5.00. The molecule has 3 aromatic carbocycles. The van der Waals surface area contributed by atoms with Gasteiger partial charge in [0.25, 0.3) is 0 Å². The SMILES string of the molecule is Cc1ccc2ncc(C(=O)c3ccccc3)c(S(=O)(=O)c3ccc(C)c(C)c3)c2c1. The van der Waals surface area contributed by atoms with Crippen LogP contribution in [0.25, 0.3) is 10.9 Å². The molecule has 30 heavy (non-hydrogen) atoms. The summed E-state index contributed by atoms with van der Waals surface area (Å²) in [6.07, 6.45) is 1.38. The normalized spacial score (nSPS) is 11.6. The Labute approximate surface area is 176 Å². The third kappa shape index (κ3) is 3.42. The first kappa shape index (κ1) is 20.0. The third-order valence-corrected chi connectivity index (χ3v) is 7.16. The van der Waals surface area contributed by atoms with Crippen LogP contribution in [0.1, 0.15) is 32.6 Å². The predicted molar refractivity (Wildman–Crippen MR) is 118 cm³/mol. The molecule has 0 spiro atoms. The molecule has 0 radical (unpaired) electrons. The summed E-state index contributed by atoms with van der Waals surface area (Å²) in [5, 5.41) is 0.454. The van der Waals surface area contributed by atoms with E-state index in [0.717, 1.165) is 16.7 Å². The van der Waals surface area contributed by atoms with E-state index in [1.54, 1.807) is 54.6 Å². The minimum atomic E-state index is -3.97. The molecule has 0 aliphatic rings. The van der Waals surface area contributed by atoms with Gasteiger partial charge in [0, 0.05) is 17.1 Å². The second-order valence-electron chi connectivity index (χ2n) is 7.47. The van der Waals surface area contributed by atoms with Gasteiger partial charge in [0.2, 0.25) is 9.84 Å². The molecule has 1 aromatic heterocycles. The van der Waals surface area contributed by atoms with Crippen LogP contribution in [0.3, 0.4) is 0 Å². The third-order valence-electron chi connectivity index (χ3n) is 5.31. The average Bonchev–Trinajstić information content (AvgIpc) is 2.74. The van der Waals surface area contributed by atoms with E-state index in [0.29, 0.717) is 16.5 Å². The number of rotatable bonds is 4. The maximum Gasteiger partial charge on any atom is 0.208 e. The Morgan fingerprint density at radius 3 is 2.27 bits per heavy atom. The molecule has 4 nitrogen and oxygen atoms in total. The van der Waals surface area contributed by atoms with Crippen molar-refractivity contribution < 1.29 is 13.2 Å². The second kappa shape index (κ2) is 7.50. The highest BCUT2D eigenvalue weighted by Gasteiger charge is 2.28. The maximum atomic E-state index is 13.8. The summed E-state index contributed by atoms with van der Waals surface area (Å²) in [5.74, 6) is -0.367. The van der Waals surface area contributed by atoms with Crippen molar-refractivity contribution in [2.45, 2.75) is 30.6 Å². The van der Waals surface area contributed by atoms with Crippen molar-refractivity contribution in [2.24, 2.45) is 0 Å². The molecule has 0 bridgehead atoms. The lowest BCUT2D eigenvalue weighted by Crippen LogP contribution is -2.13. The fraction of sp³-hybridized carbons (Fsp3) is 0.120. The zero-order chi connectivity index (χ0) is 21.5. The Morgan fingerprint density at radius 1 is 0.833 bits per heavy atom. The van der Waals surface area contributed by atoms with Gasteiger partial charge in [-0.15, -0.1) is 0 Å². The summed E-state index contributed by atoms with van der Waals surface area (Å²) in [4.78, 5) is 17.8. The van der Waals surface area contributed by atoms with Crippen molar-refractivity contribution in [1.82, 2.24) is 4.98 Å². The number of aryl methyl sites for hydroxylation is 3.